The van der Waals surface area contributed by atoms with Crippen molar-refractivity contribution in [2.24, 2.45) is 23.5 Å². The van der Waals surface area contributed by atoms with Gasteiger partial charge in [0.25, 0.3) is 0 Å². The van der Waals surface area contributed by atoms with Crippen molar-refractivity contribution in [1.29, 1.82) is 0 Å². The molecule has 0 aromatic heterocycles. The van der Waals surface area contributed by atoms with E-state index >= 15 is 0 Å². The van der Waals surface area contributed by atoms with Crippen LogP contribution in [0.5, 0.6) is 0 Å². The molecule has 0 aliphatic carbocycles. The Morgan fingerprint density at radius 2 is 1.32 bits per heavy atom. The van der Waals surface area contributed by atoms with Gasteiger partial charge in [-0.25, -0.2) is 0 Å². The molecule has 2 unspecified atom stereocenters. The maximum absolute atomic E-state index is 10.7. The average molecular weight is 275 g/mol. The molecule has 0 aromatic carbocycles. The van der Waals surface area contributed by atoms with E-state index in [1.54, 1.807) is 6.92 Å². The number of nitrogens with two attached hydrogens (primary N) is 1. The Bertz CT molecular complexity index is 178. The molecule has 0 aliphatic rings. The van der Waals surface area contributed by atoms with Crippen molar-refractivity contribution in [2.75, 3.05) is 0 Å². The number of carbonyl (C=O) groups excluding carboxylic acids is 2. The van der Waals surface area contributed by atoms with Gasteiger partial charge in [-0.05, 0) is 5.92 Å². The zero-order valence-corrected chi connectivity index (χ0v) is 14.6. The normalized spacial score (nSPS) is 11.5. The monoisotopic (exact) mass is 275 g/mol. The molecule has 0 fully saturated rings. The second kappa shape index (κ2) is 22.3. The standard InChI is InChI=1S/C8H15NO2.C4H10.2C2H6/c1-5(2)7(4-10)6(3)8(9)11;1-3-4-2;2*1-2/h4-7H,1-3H3,(H2,9,11);3-4H2,1-2H3;2*1-2H3. The maximum Gasteiger partial charge on any atom is 0.220 e. The average Bonchev–Trinajstić information content (AvgIpc) is 2.43. The molecular weight excluding hydrogens is 238 g/mol. The van der Waals surface area contributed by atoms with Gasteiger partial charge in [-0.1, -0.05) is 75.2 Å². The minimum Gasteiger partial charge on any atom is -0.369 e. The fourth-order valence-corrected chi connectivity index (χ4v) is 1.04. The van der Waals surface area contributed by atoms with Crippen molar-refractivity contribution in [3.63, 3.8) is 0 Å². The topological polar surface area (TPSA) is 60.2 Å². The first-order chi connectivity index (χ1) is 8.92. The predicted molar refractivity (Wildman–Crippen MR) is 86.0 cm³/mol. The van der Waals surface area contributed by atoms with Crippen LogP contribution in [-0.4, -0.2) is 12.2 Å². The van der Waals surface area contributed by atoms with E-state index in [1.807, 2.05) is 41.5 Å². The summed E-state index contributed by atoms with van der Waals surface area (Å²) >= 11 is 0. The molecule has 0 saturated heterocycles. The number of unbranched alkanes of at least 4 members (excludes halogenated alkanes) is 1. The van der Waals surface area contributed by atoms with Crippen LogP contribution in [-0.2, 0) is 9.59 Å². The van der Waals surface area contributed by atoms with Gasteiger partial charge in [0.2, 0.25) is 5.91 Å². The highest BCUT2D eigenvalue weighted by atomic mass is 16.1. The highest BCUT2D eigenvalue weighted by Crippen LogP contribution is 2.17. The number of amides is 1. The molecule has 0 aliphatic heterocycles. The van der Waals surface area contributed by atoms with Crippen LogP contribution < -0.4 is 5.73 Å². The summed E-state index contributed by atoms with van der Waals surface area (Å²) < 4.78 is 0. The molecule has 0 spiro atoms. The van der Waals surface area contributed by atoms with Crippen LogP contribution >= 0.6 is 0 Å². The molecule has 0 radical (unpaired) electrons. The van der Waals surface area contributed by atoms with Crippen LogP contribution in [0.15, 0.2) is 0 Å². The third-order valence-electron chi connectivity index (χ3n) is 2.45. The maximum atomic E-state index is 10.7. The van der Waals surface area contributed by atoms with E-state index < -0.39 is 5.91 Å². The van der Waals surface area contributed by atoms with E-state index in [-0.39, 0.29) is 17.8 Å². The summed E-state index contributed by atoms with van der Waals surface area (Å²) in [6, 6.07) is 0. The minimum absolute atomic E-state index is 0.176. The summed E-state index contributed by atoms with van der Waals surface area (Å²) in [6.45, 7) is 17.8. The lowest BCUT2D eigenvalue weighted by Crippen LogP contribution is -2.31. The molecule has 0 heterocycles. The van der Waals surface area contributed by atoms with Crippen molar-refractivity contribution >= 4 is 12.2 Å². The zero-order chi connectivity index (χ0) is 16.4. The lowest BCUT2D eigenvalue weighted by atomic mass is 9.85. The Morgan fingerprint density at radius 3 is 1.37 bits per heavy atom. The number of carbonyl (C=O) groups is 2. The van der Waals surface area contributed by atoms with E-state index in [4.69, 9.17) is 5.73 Å². The molecule has 19 heavy (non-hydrogen) atoms. The fraction of sp³-hybridized carbons (Fsp3) is 0.875. The molecule has 2 atom stereocenters. The van der Waals surface area contributed by atoms with Crippen LogP contribution in [0.3, 0.4) is 0 Å². The summed E-state index contributed by atoms with van der Waals surface area (Å²) in [5, 5.41) is 0. The largest absolute Gasteiger partial charge is 0.369 e. The van der Waals surface area contributed by atoms with Crippen molar-refractivity contribution in [1.82, 2.24) is 0 Å². The minimum atomic E-state index is -0.407. The van der Waals surface area contributed by atoms with Gasteiger partial charge in [0.05, 0.1) is 0 Å². The Kier molecular flexibility index (Phi) is 31.3. The first-order valence-corrected chi connectivity index (χ1v) is 7.66. The number of hydrogen-bond acceptors (Lipinski definition) is 2. The van der Waals surface area contributed by atoms with Gasteiger partial charge in [-0.15, -0.1) is 0 Å². The van der Waals surface area contributed by atoms with Crippen molar-refractivity contribution < 1.29 is 9.59 Å². The third-order valence-corrected chi connectivity index (χ3v) is 2.45. The number of hydrogen-bond donors (Lipinski definition) is 1. The lowest BCUT2D eigenvalue weighted by Gasteiger charge is -2.18. The highest BCUT2D eigenvalue weighted by Gasteiger charge is 2.23. The second-order valence-electron chi connectivity index (χ2n) is 4.15. The molecule has 0 rings (SSSR count). The van der Waals surface area contributed by atoms with Crippen LogP contribution in [0.2, 0.25) is 0 Å². The lowest BCUT2D eigenvalue weighted by molar-refractivity contribution is -0.127. The fourth-order valence-electron chi connectivity index (χ4n) is 1.04. The van der Waals surface area contributed by atoms with Crippen molar-refractivity contribution in [2.45, 2.75) is 75.2 Å². The molecule has 0 aromatic rings. The first kappa shape index (κ1) is 26.7. The van der Waals surface area contributed by atoms with E-state index in [9.17, 15) is 9.59 Å². The van der Waals surface area contributed by atoms with Gasteiger partial charge in [0.15, 0.2) is 0 Å². The number of aldehydes is 1. The second-order valence-corrected chi connectivity index (χ2v) is 4.15. The van der Waals surface area contributed by atoms with Gasteiger partial charge in [0.1, 0.15) is 6.29 Å². The molecule has 3 heteroatoms. The Balaban J connectivity index is -0.000000118. The molecule has 3 nitrogen and oxygen atoms in total. The summed E-state index contributed by atoms with van der Waals surface area (Å²) in [5.74, 6) is -0.828. The summed E-state index contributed by atoms with van der Waals surface area (Å²) in [4.78, 5) is 21.2. The zero-order valence-electron chi connectivity index (χ0n) is 14.6. The summed E-state index contributed by atoms with van der Waals surface area (Å²) in [7, 11) is 0. The van der Waals surface area contributed by atoms with Crippen LogP contribution in [0.1, 0.15) is 75.2 Å². The van der Waals surface area contributed by atoms with E-state index in [1.165, 1.54) is 12.8 Å². The Morgan fingerprint density at radius 1 is 1.00 bits per heavy atom. The Hall–Kier alpha value is -0.860. The molecule has 2 N–H and O–H groups in total. The van der Waals surface area contributed by atoms with Gasteiger partial charge in [-0.2, -0.15) is 0 Å². The summed E-state index contributed by atoms with van der Waals surface area (Å²) in [5.41, 5.74) is 5.05. The van der Waals surface area contributed by atoms with E-state index in [0.717, 1.165) is 6.29 Å². The number of primary amides is 1. The van der Waals surface area contributed by atoms with Gasteiger partial charge < -0.3 is 10.5 Å². The van der Waals surface area contributed by atoms with Gasteiger partial charge >= 0.3 is 0 Å². The summed E-state index contributed by atoms with van der Waals surface area (Å²) in [6.07, 6.45) is 3.44. The van der Waals surface area contributed by atoms with Crippen LogP contribution in [0, 0.1) is 17.8 Å². The molecule has 118 valence electrons. The molecule has 0 bridgehead atoms. The van der Waals surface area contributed by atoms with Crippen LogP contribution in [0.25, 0.3) is 0 Å². The van der Waals surface area contributed by atoms with E-state index in [0.29, 0.717) is 0 Å². The van der Waals surface area contributed by atoms with Crippen molar-refractivity contribution in [3.05, 3.63) is 0 Å². The van der Waals surface area contributed by atoms with Gasteiger partial charge in [0, 0.05) is 11.8 Å². The predicted octanol–water partition coefficient (Wildman–Crippen LogP) is 4.44. The SMILES string of the molecule is CC.CC.CC(C)C(C=O)C(C)C(N)=O.CCCC. The first-order valence-electron chi connectivity index (χ1n) is 7.66. The van der Waals surface area contributed by atoms with E-state index in [2.05, 4.69) is 13.8 Å². The smallest absolute Gasteiger partial charge is 0.220 e. The molecule has 1 amide bonds. The highest BCUT2D eigenvalue weighted by molar-refractivity contribution is 5.79. The van der Waals surface area contributed by atoms with Gasteiger partial charge in [-0.3, -0.25) is 4.79 Å². The molecule has 0 saturated carbocycles. The quantitative estimate of drug-likeness (QED) is 0.754. The Labute approximate surface area is 121 Å². The third kappa shape index (κ3) is 19.7. The van der Waals surface area contributed by atoms with Crippen molar-refractivity contribution in [3.8, 4) is 0 Å². The van der Waals surface area contributed by atoms with Crippen LogP contribution in [0.4, 0.5) is 0 Å². The number of rotatable bonds is 5. The molecular formula is C16H37NO2.